The molecule has 1 N–H and O–H groups in total. The molecule has 2 aromatic rings. The third-order valence-electron chi connectivity index (χ3n) is 5.30. The van der Waals surface area contributed by atoms with Gasteiger partial charge in [0.2, 0.25) is 5.91 Å². The quantitative estimate of drug-likeness (QED) is 0.805. The van der Waals surface area contributed by atoms with E-state index in [1.807, 2.05) is 0 Å². The molecule has 1 saturated carbocycles. The second kappa shape index (κ2) is 7.48. The molecule has 3 atom stereocenters. The number of halogens is 3. The van der Waals surface area contributed by atoms with Gasteiger partial charge in [-0.1, -0.05) is 0 Å². The van der Waals surface area contributed by atoms with Gasteiger partial charge in [0.05, 0.1) is 23.7 Å². The summed E-state index contributed by atoms with van der Waals surface area (Å²) in [7, 11) is 0. The first-order valence-electron chi connectivity index (χ1n) is 9.34. The summed E-state index contributed by atoms with van der Waals surface area (Å²) in [6.45, 7) is -1.72. The highest BCUT2D eigenvalue weighted by atomic mass is 19.4. The van der Waals surface area contributed by atoms with Crippen LogP contribution in [0.1, 0.15) is 23.2 Å². The van der Waals surface area contributed by atoms with Crippen molar-refractivity contribution in [3.8, 4) is 11.8 Å². The summed E-state index contributed by atoms with van der Waals surface area (Å²) >= 11 is 0. The van der Waals surface area contributed by atoms with Crippen LogP contribution in [0.25, 0.3) is 10.9 Å². The van der Waals surface area contributed by atoms with Crippen LogP contribution in [-0.2, 0) is 4.79 Å². The van der Waals surface area contributed by atoms with E-state index in [1.165, 1.54) is 30.5 Å². The summed E-state index contributed by atoms with van der Waals surface area (Å²) in [5.74, 6) is -0.573. The molecular weight excluding hydrogens is 401 g/mol. The van der Waals surface area contributed by atoms with Crippen molar-refractivity contribution in [3.05, 3.63) is 36.0 Å². The molecule has 1 aliphatic carbocycles. The monoisotopic (exact) mass is 418 g/mol. The molecule has 1 aliphatic heterocycles. The van der Waals surface area contributed by atoms with Crippen molar-refractivity contribution in [1.29, 1.82) is 5.26 Å². The molecule has 1 saturated heterocycles. The van der Waals surface area contributed by atoms with Gasteiger partial charge in [-0.15, -0.1) is 0 Å². The van der Waals surface area contributed by atoms with Gasteiger partial charge in [-0.3, -0.25) is 14.6 Å². The molecule has 2 fully saturated rings. The molecule has 2 aliphatic rings. The highest BCUT2D eigenvalue weighted by Crippen LogP contribution is 2.47. The van der Waals surface area contributed by atoms with Crippen LogP contribution in [0, 0.1) is 17.2 Å². The third-order valence-corrected chi connectivity index (χ3v) is 5.30. The second-order valence-corrected chi connectivity index (χ2v) is 7.37. The SMILES string of the molecule is N#C[C@@H]1C[C@@H]2C[C@@H]2N1C(=O)CNC(=O)c1ccnc2ccc(OCC(F)(F)F)cc12. The molecular formula is C20H17F3N4O3. The molecule has 4 rings (SSSR count). The van der Waals surface area contributed by atoms with Gasteiger partial charge in [0, 0.05) is 17.6 Å². The van der Waals surface area contributed by atoms with E-state index in [0.29, 0.717) is 23.2 Å². The maximum absolute atomic E-state index is 12.7. The lowest BCUT2D eigenvalue weighted by atomic mass is 10.1. The van der Waals surface area contributed by atoms with Crippen molar-refractivity contribution < 1.29 is 27.5 Å². The van der Waals surface area contributed by atoms with Crippen LogP contribution >= 0.6 is 0 Å². The number of nitrogens with zero attached hydrogens (tertiary/aromatic N) is 3. The number of hydrogen-bond acceptors (Lipinski definition) is 5. The van der Waals surface area contributed by atoms with E-state index >= 15 is 0 Å². The normalized spacial score (nSPS) is 22.3. The maximum atomic E-state index is 12.7. The minimum Gasteiger partial charge on any atom is -0.484 e. The second-order valence-electron chi connectivity index (χ2n) is 7.37. The van der Waals surface area contributed by atoms with Crippen molar-refractivity contribution in [3.63, 3.8) is 0 Å². The fraction of sp³-hybridized carbons (Fsp3) is 0.400. The molecule has 2 amide bonds. The van der Waals surface area contributed by atoms with Gasteiger partial charge in [0.15, 0.2) is 6.61 Å². The largest absolute Gasteiger partial charge is 0.484 e. The predicted octanol–water partition coefficient (Wildman–Crippen LogP) is 2.42. The smallest absolute Gasteiger partial charge is 0.422 e. The van der Waals surface area contributed by atoms with Gasteiger partial charge in [-0.25, -0.2) is 0 Å². The van der Waals surface area contributed by atoms with Gasteiger partial charge in [0.1, 0.15) is 11.8 Å². The fourth-order valence-corrected chi connectivity index (χ4v) is 3.85. The lowest BCUT2D eigenvalue weighted by molar-refractivity contribution is -0.153. The molecule has 7 nitrogen and oxygen atoms in total. The zero-order valence-electron chi connectivity index (χ0n) is 15.6. The first kappa shape index (κ1) is 19.9. The first-order chi connectivity index (χ1) is 14.3. The zero-order chi connectivity index (χ0) is 21.5. The number of carbonyl (C=O) groups is 2. The number of likely N-dealkylation sites (tertiary alicyclic amines) is 1. The predicted molar refractivity (Wildman–Crippen MR) is 98.4 cm³/mol. The average molecular weight is 418 g/mol. The maximum Gasteiger partial charge on any atom is 0.422 e. The fourth-order valence-electron chi connectivity index (χ4n) is 3.85. The van der Waals surface area contributed by atoms with Gasteiger partial charge in [-0.05, 0) is 43.0 Å². The Morgan fingerprint density at radius 2 is 2.10 bits per heavy atom. The van der Waals surface area contributed by atoms with Gasteiger partial charge in [-0.2, -0.15) is 18.4 Å². The number of ether oxygens (including phenoxy) is 1. The average Bonchev–Trinajstić information content (AvgIpc) is 3.38. The summed E-state index contributed by atoms with van der Waals surface area (Å²) in [5.41, 5.74) is 0.561. The number of carbonyl (C=O) groups excluding carboxylic acids is 2. The summed E-state index contributed by atoms with van der Waals surface area (Å²) in [4.78, 5) is 30.8. The molecule has 2 heterocycles. The third kappa shape index (κ3) is 4.01. The van der Waals surface area contributed by atoms with Crippen LogP contribution in [-0.4, -0.2) is 53.1 Å². The van der Waals surface area contributed by atoms with Crippen LogP contribution in [0.3, 0.4) is 0 Å². The van der Waals surface area contributed by atoms with Crippen LogP contribution in [0.5, 0.6) is 5.75 Å². The van der Waals surface area contributed by atoms with E-state index in [0.717, 1.165) is 6.42 Å². The molecule has 1 aromatic heterocycles. The molecule has 1 aromatic carbocycles. The van der Waals surface area contributed by atoms with Gasteiger partial charge in [0.25, 0.3) is 5.91 Å². The number of fused-ring (bicyclic) bond motifs is 2. The molecule has 0 unspecified atom stereocenters. The highest BCUT2D eigenvalue weighted by molar-refractivity contribution is 6.07. The Kier molecular flexibility index (Phi) is 4.97. The topological polar surface area (TPSA) is 95.3 Å². The summed E-state index contributed by atoms with van der Waals surface area (Å²) in [6, 6.07) is 7.26. The van der Waals surface area contributed by atoms with Crippen molar-refractivity contribution in [2.24, 2.45) is 5.92 Å². The first-order valence-corrected chi connectivity index (χ1v) is 9.34. The van der Waals surface area contributed by atoms with E-state index in [9.17, 15) is 28.0 Å². The zero-order valence-corrected chi connectivity index (χ0v) is 15.6. The number of amides is 2. The van der Waals surface area contributed by atoms with Crippen LogP contribution in [0.4, 0.5) is 13.2 Å². The number of nitrogens with one attached hydrogen (secondary N) is 1. The van der Waals surface area contributed by atoms with E-state index < -0.39 is 24.7 Å². The minimum absolute atomic E-state index is 0.0494. The number of rotatable bonds is 5. The lowest BCUT2D eigenvalue weighted by Crippen LogP contribution is -2.44. The summed E-state index contributed by atoms with van der Waals surface area (Å²) in [5, 5.41) is 12.0. The number of piperidine rings is 1. The molecule has 30 heavy (non-hydrogen) atoms. The van der Waals surface area contributed by atoms with Crippen LogP contribution < -0.4 is 10.1 Å². The van der Waals surface area contributed by atoms with E-state index in [1.54, 1.807) is 4.90 Å². The van der Waals surface area contributed by atoms with Crippen molar-refractivity contribution in [2.75, 3.05) is 13.2 Å². The number of alkyl halides is 3. The number of pyridine rings is 1. The van der Waals surface area contributed by atoms with Gasteiger partial charge < -0.3 is 15.0 Å². The Labute approximate surface area is 169 Å². The standard InChI is InChI=1S/C20H17F3N4O3/c21-20(22,23)10-30-13-1-2-16-15(7-13)14(3-4-25-16)19(29)26-9-18(28)27-12(8-24)5-11-6-17(11)27/h1-4,7,11-12,17H,5-6,9-10H2,(H,26,29)/t11-,12+,17+/m1/s1. The minimum atomic E-state index is -4.48. The highest BCUT2D eigenvalue weighted by Gasteiger charge is 2.53. The Balaban J connectivity index is 1.47. The Bertz CT molecular complexity index is 1050. The number of aromatic nitrogens is 1. The van der Waals surface area contributed by atoms with E-state index in [2.05, 4.69) is 16.4 Å². The van der Waals surface area contributed by atoms with Crippen molar-refractivity contribution in [1.82, 2.24) is 15.2 Å². The Hall–Kier alpha value is -3.35. The molecule has 156 valence electrons. The van der Waals surface area contributed by atoms with E-state index in [-0.39, 0.29) is 29.8 Å². The van der Waals surface area contributed by atoms with E-state index in [4.69, 9.17) is 4.74 Å². The van der Waals surface area contributed by atoms with Crippen LogP contribution in [0.2, 0.25) is 0 Å². The summed E-state index contributed by atoms with van der Waals surface area (Å²) in [6.07, 6.45) is -1.54. The lowest BCUT2D eigenvalue weighted by Gasteiger charge is -2.22. The van der Waals surface area contributed by atoms with Gasteiger partial charge >= 0.3 is 6.18 Å². The number of hydrogen-bond donors (Lipinski definition) is 1. The Morgan fingerprint density at radius 1 is 1.30 bits per heavy atom. The van der Waals surface area contributed by atoms with Crippen LogP contribution in [0.15, 0.2) is 30.5 Å². The summed E-state index contributed by atoms with van der Waals surface area (Å²) < 4.78 is 41.9. The number of nitriles is 1. The van der Waals surface area contributed by atoms with Crippen molar-refractivity contribution >= 4 is 22.7 Å². The molecule has 10 heteroatoms. The molecule has 0 spiro atoms. The van der Waals surface area contributed by atoms with Crippen molar-refractivity contribution in [2.45, 2.75) is 31.1 Å². The molecule has 0 bridgehead atoms. The Morgan fingerprint density at radius 3 is 2.83 bits per heavy atom. The number of benzene rings is 1. The molecule has 0 radical (unpaired) electrons.